The molecule has 1 saturated carbocycles. The maximum absolute atomic E-state index is 12.8. The second-order valence-electron chi connectivity index (χ2n) is 7.22. The molecule has 3 heterocycles. The predicted molar refractivity (Wildman–Crippen MR) is 95.1 cm³/mol. The third-order valence-electron chi connectivity index (χ3n) is 5.22. The lowest BCUT2D eigenvalue weighted by molar-refractivity contribution is -0.137. The largest absolute Gasteiger partial charge is 0.416 e. The first-order chi connectivity index (χ1) is 13.5. The van der Waals surface area contributed by atoms with Crippen LogP contribution in [0.4, 0.5) is 19.0 Å². The number of ether oxygens (including phenoxy) is 1. The van der Waals surface area contributed by atoms with Crippen LogP contribution in [-0.4, -0.2) is 39.5 Å². The van der Waals surface area contributed by atoms with Gasteiger partial charge in [0.2, 0.25) is 0 Å². The Balaban J connectivity index is 1.38. The summed E-state index contributed by atoms with van der Waals surface area (Å²) in [7, 11) is 0. The van der Waals surface area contributed by atoms with Crippen molar-refractivity contribution >= 4 is 11.5 Å². The summed E-state index contributed by atoms with van der Waals surface area (Å²) in [5.41, 5.74) is 0.788. The van der Waals surface area contributed by atoms with Crippen molar-refractivity contribution in [1.29, 1.82) is 0 Å². The minimum Gasteiger partial charge on any atom is -0.370 e. The average Bonchev–Trinajstić information content (AvgIpc) is 3.46. The van der Waals surface area contributed by atoms with Crippen LogP contribution in [-0.2, 0) is 10.9 Å². The van der Waals surface area contributed by atoms with Crippen molar-refractivity contribution in [2.45, 2.75) is 31.0 Å². The van der Waals surface area contributed by atoms with Crippen LogP contribution in [0.2, 0.25) is 0 Å². The summed E-state index contributed by atoms with van der Waals surface area (Å²) in [6.45, 7) is 1.66. The topological polar surface area (TPSA) is 55.6 Å². The van der Waals surface area contributed by atoms with Crippen LogP contribution in [0.1, 0.15) is 41.8 Å². The first-order valence-electron chi connectivity index (χ1n) is 9.25. The SMILES string of the molecule is FC(F)(F)c1ccc(C2CN(c3ccc4nnc(C5CC5)n4n3)CCO2)cc1. The van der Waals surface area contributed by atoms with Crippen LogP contribution in [0.5, 0.6) is 0 Å². The average molecular weight is 389 g/mol. The number of halogens is 3. The lowest BCUT2D eigenvalue weighted by Crippen LogP contribution is -2.39. The highest BCUT2D eigenvalue weighted by Crippen LogP contribution is 2.39. The monoisotopic (exact) mass is 389 g/mol. The van der Waals surface area contributed by atoms with E-state index in [-0.39, 0.29) is 6.10 Å². The van der Waals surface area contributed by atoms with E-state index < -0.39 is 11.7 Å². The second-order valence-corrected chi connectivity index (χ2v) is 7.22. The molecule has 3 aromatic rings. The van der Waals surface area contributed by atoms with Crippen LogP contribution in [0, 0.1) is 0 Å². The Hall–Kier alpha value is -2.68. The van der Waals surface area contributed by atoms with Crippen LogP contribution >= 0.6 is 0 Å². The third kappa shape index (κ3) is 3.19. The van der Waals surface area contributed by atoms with E-state index in [0.29, 0.717) is 25.6 Å². The maximum Gasteiger partial charge on any atom is 0.416 e. The molecule has 0 radical (unpaired) electrons. The second kappa shape index (κ2) is 6.44. The molecule has 2 aliphatic rings. The smallest absolute Gasteiger partial charge is 0.370 e. The van der Waals surface area contributed by atoms with Gasteiger partial charge in [0, 0.05) is 19.0 Å². The van der Waals surface area contributed by atoms with Crippen LogP contribution in [0.25, 0.3) is 5.65 Å². The van der Waals surface area contributed by atoms with Crippen molar-refractivity contribution in [3.63, 3.8) is 0 Å². The van der Waals surface area contributed by atoms with E-state index in [0.717, 1.165) is 47.8 Å². The molecule has 6 nitrogen and oxygen atoms in total. The molecular formula is C19H18F3N5O. The van der Waals surface area contributed by atoms with Crippen molar-refractivity contribution in [3.05, 3.63) is 53.3 Å². The van der Waals surface area contributed by atoms with Gasteiger partial charge in [0.1, 0.15) is 11.9 Å². The molecule has 2 fully saturated rings. The zero-order valence-corrected chi connectivity index (χ0v) is 14.9. The maximum atomic E-state index is 12.8. The fourth-order valence-electron chi connectivity index (χ4n) is 3.51. The molecule has 0 N–H and O–H groups in total. The van der Waals surface area contributed by atoms with Crippen molar-refractivity contribution in [1.82, 2.24) is 19.8 Å². The van der Waals surface area contributed by atoms with Crippen molar-refractivity contribution < 1.29 is 17.9 Å². The van der Waals surface area contributed by atoms with Crippen molar-refractivity contribution in [3.8, 4) is 0 Å². The highest BCUT2D eigenvalue weighted by atomic mass is 19.4. The van der Waals surface area contributed by atoms with E-state index in [1.165, 1.54) is 12.1 Å². The van der Waals surface area contributed by atoms with Crippen molar-refractivity contribution in [2.75, 3.05) is 24.6 Å². The summed E-state index contributed by atoms with van der Waals surface area (Å²) in [6.07, 6.45) is -2.42. The van der Waals surface area contributed by atoms with E-state index in [9.17, 15) is 13.2 Å². The first kappa shape index (κ1) is 17.4. The molecule has 5 rings (SSSR count). The van der Waals surface area contributed by atoms with Gasteiger partial charge in [-0.1, -0.05) is 12.1 Å². The number of rotatable bonds is 3. The summed E-state index contributed by atoms with van der Waals surface area (Å²) in [5, 5.41) is 13.1. The van der Waals surface area contributed by atoms with Gasteiger partial charge in [-0.2, -0.15) is 17.7 Å². The van der Waals surface area contributed by atoms with Gasteiger partial charge in [-0.3, -0.25) is 0 Å². The molecule has 1 unspecified atom stereocenters. The van der Waals surface area contributed by atoms with E-state index in [1.807, 2.05) is 12.1 Å². The number of hydrogen-bond donors (Lipinski definition) is 0. The van der Waals surface area contributed by atoms with Gasteiger partial charge in [-0.25, -0.2) is 0 Å². The number of fused-ring (bicyclic) bond motifs is 1. The molecule has 1 saturated heterocycles. The van der Waals surface area contributed by atoms with Gasteiger partial charge in [-0.05, 0) is 42.7 Å². The number of aromatic nitrogens is 4. The van der Waals surface area contributed by atoms with E-state index in [4.69, 9.17) is 9.84 Å². The molecule has 0 spiro atoms. The Labute approximate surface area is 158 Å². The standard InChI is InChI=1S/C19H18F3N5O/c20-19(21,22)14-5-3-12(4-6-14)15-11-26(9-10-28-15)17-8-7-16-23-24-18(13-1-2-13)27(16)25-17/h3-8,13,15H,1-2,9-11H2. The number of anilines is 1. The molecule has 28 heavy (non-hydrogen) atoms. The third-order valence-corrected chi connectivity index (χ3v) is 5.22. The van der Waals surface area contributed by atoms with Gasteiger partial charge in [0.25, 0.3) is 0 Å². The quantitative estimate of drug-likeness (QED) is 0.685. The molecule has 2 aromatic heterocycles. The predicted octanol–water partition coefficient (Wildman–Crippen LogP) is 3.60. The van der Waals surface area contributed by atoms with Crippen LogP contribution in [0.3, 0.4) is 0 Å². The number of morpholine rings is 1. The number of hydrogen-bond acceptors (Lipinski definition) is 5. The minimum atomic E-state index is -4.34. The Morgan fingerprint density at radius 3 is 2.50 bits per heavy atom. The molecule has 9 heteroatoms. The Morgan fingerprint density at radius 1 is 1.00 bits per heavy atom. The lowest BCUT2D eigenvalue weighted by atomic mass is 10.1. The fourth-order valence-corrected chi connectivity index (χ4v) is 3.51. The molecule has 1 aliphatic carbocycles. The Kier molecular flexibility index (Phi) is 4.01. The summed E-state index contributed by atoms with van der Waals surface area (Å²) in [4.78, 5) is 2.09. The van der Waals surface area contributed by atoms with Gasteiger partial charge < -0.3 is 9.64 Å². The molecule has 1 atom stereocenters. The number of nitrogens with zero attached hydrogens (tertiary/aromatic N) is 5. The molecular weight excluding hydrogens is 371 g/mol. The molecule has 0 bridgehead atoms. The van der Waals surface area contributed by atoms with Gasteiger partial charge in [-0.15, -0.1) is 15.3 Å². The fraction of sp³-hybridized carbons (Fsp3) is 0.421. The molecule has 1 aromatic carbocycles. The number of alkyl halides is 3. The van der Waals surface area contributed by atoms with Gasteiger partial charge in [0.15, 0.2) is 11.5 Å². The van der Waals surface area contributed by atoms with E-state index >= 15 is 0 Å². The summed E-state index contributed by atoms with van der Waals surface area (Å²) >= 11 is 0. The van der Waals surface area contributed by atoms with Gasteiger partial charge >= 0.3 is 6.18 Å². The Morgan fingerprint density at radius 2 is 1.79 bits per heavy atom. The van der Waals surface area contributed by atoms with Crippen LogP contribution < -0.4 is 4.90 Å². The zero-order chi connectivity index (χ0) is 19.3. The summed E-state index contributed by atoms with van der Waals surface area (Å²) in [5.74, 6) is 2.11. The number of benzene rings is 1. The Bertz CT molecular complexity index is 997. The van der Waals surface area contributed by atoms with Crippen LogP contribution in [0.15, 0.2) is 36.4 Å². The summed E-state index contributed by atoms with van der Waals surface area (Å²) < 4.78 is 45.9. The highest BCUT2D eigenvalue weighted by molar-refractivity contribution is 5.47. The normalized spacial score (nSPS) is 20.7. The molecule has 146 valence electrons. The summed E-state index contributed by atoms with van der Waals surface area (Å²) in [6, 6.07) is 8.96. The first-order valence-corrected chi connectivity index (χ1v) is 9.25. The van der Waals surface area contributed by atoms with Crippen molar-refractivity contribution in [2.24, 2.45) is 0 Å². The zero-order valence-electron chi connectivity index (χ0n) is 14.9. The molecule has 1 aliphatic heterocycles. The minimum absolute atomic E-state index is 0.308. The lowest BCUT2D eigenvalue weighted by Gasteiger charge is -2.34. The van der Waals surface area contributed by atoms with E-state index in [1.54, 1.807) is 4.52 Å². The van der Waals surface area contributed by atoms with Gasteiger partial charge in [0.05, 0.1) is 12.2 Å². The van der Waals surface area contributed by atoms with E-state index in [2.05, 4.69) is 15.1 Å². The molecule has 0 amide bonds. The highest BCUT2D eigenvalue weighted by Gasteiger charge is 2.32.